The molecule has 0 aromatic carbocycles. The van der Waals surface area contributed by atoms with Crippen molar-refractivity contribution in [1.29, 1.82) is 0 Å². The molecule has 11 heteroatoms. The zero-order valence-electron chi connectivity index (χ0n) is 15.8. The molecule has 1 aliphatic rings. The van der Waals surface area contributed by atoms with Crippen LogP contribution >= 0.6 is 0 Å². The summed E-state index contributed by atoms with van der Waals surface area (Å²) in [7, 11) is 0. The molecule has 3 rings (SSSR count). The van der Waals surface area contributed by atoms with Gasteiger partial charge in [-0.25, -0.2) is 4.79 Å². The van der Waals surface area contributed by atoms with Gasteiger partial charge in [0.2, 0.25) is 0 Å². The number of aliphatic hydroxyl groups excluding tert-OH is 2. The van der Waals surface area contributed by atoms with Crippen LogP contribution in [0.1, 0.15) is 21.6 Å². The van der Waals surface area contributed by atoms with Gasteiger partial charge in [0.15, 0.2) is 0 Å². The topological polar surface area (TPSA) is 167 Å². The number of aromatic nitrogens is 3. The number of aliphatic hydroxyl groups is 2. The molecule has 0 radical (unpaired) electrons. The van der Waals surface area contributed by atoms with Crippen LogP contribution in [0.2, 0.25) is 0 Å². The van der Waals surface area contributed by atoms with Crippen molar-refractivity contribution in [3.63, 3.8) is 0 Å². The van der Waals surface area contributed by atoms with Crippen molar-refractivity contribution in [1.82, 2.24) is 19.9 Å². The van der Waals surface area contributed by atoms with Crippen LogP contribution in [0.5, 0.6) is 0 Å². The summed E-state index contributed by atoms with van der Waals surface area (Å²) in [4.78, 5) is 52.2. The highest BCUT2D eigenvalue weighted by atomic mass is 16.5. The van der Waals surface area contributed by atoms with E-state index in [1.54, 1.807) is 13.0 Å². The number of ether oxygens (including phenoxy) is 1. The summed E-state index contributed by atoms with van der Waals surface area (Å²) >= 11 is 0. The van der Waals surface area contributed by atoms with Crippen molar-refractivity contribution >= 4 is 5.91 Å². The molecular formula is C18H22N4O7. The molecule has 156 valence electrons. The third-order valence-electron chi connectivity index (χ3n) is 4.81. The highest BCUT2D eigenvalue weighted by Crippen LogP contribution is 2.17. The van der Waals surface area contributed by atoms with E-state index in [0.29, 0.717) is 11.3 Å². The molecule has 29 heavy (non-hydrogen) atoms. The number of H-pyrrole nitrogens is 2. The van der Waals surface area contributed by atoms with Gasteiger partial charge >= 0.3 is 5.69 Å². The second kappa shape index (κ2) is 8.15. The Bertz CT molecular complexity index is 1090. The van der Waals surface area contributed by atoms with E-state index in [0.717, 1.165) is 0 Å². The van der Waals surface area contributed by atoms with E-state index >= 15 is 0 Å². The summed E-state index contributed by atoms with van der Waals surface area (Å²) in [6, 6.07) is 1.98. The van der Waals surface area contributed by atoms with Crippen LogP contribution in [0.3, 0.4) is 0 Å². The fourth-order valence-electron chi connectivity index (χ4n) is 3.12. The number of aromatic amines is 2. The Kier molecular flexibility index (Phi) is 5.82. The number of rotatable bonds is 4. The summed E-state index contributed by atoms with van der Waals surface area (Å²) in [5.74, 6) is -0.711. The van der Waals surface area contributed by atoms with Crippen molar-refractivity contribution < 1.29 is 19.7 Å². The van der Waals surface area contributed by atoms with Crippen LogP contribution in [0.15, 0.2) is 32.7 Å². The third-order valence-corrected chi connectivity index (χ3v) is 4.81. The Labute approximate surface area is 164 Å². The maximum atomic E-state index is 12.3. The van der Waals surface area contributed by atoms with Crippen molar-refractivity contribution in [2.45, 2.75) is 44.7 Å². The lowest BCUT2D eigenvalue weighted by atomic mass is 9.97. The van der Waals surface area contributed by atoms with Crippen molar-refractivity contribution in [2.24, 2.45) is 0 Å². The van der Waals surface area contributed by atoms with Crippen LogP contribution in [0.4, 0.5) is 0 Å². The van der Waals surface area contributed by atoms with E-state index in [1.165, 1.54) is 23.8 Å². The van der Waals surface area contributed by atoms with Gasteiger partial charge in [0.05, 0.1) is 19.2 Å². The van der Waals surface area contributed by atoms with Crippen LogP contribution in [-0.4, -0.2) is 61.6 Å². The smallest absolute Gasteiger partial charge is 0.328 e. The van der Waals surface area contributed by atoms with Crippen molar-refractivity contribution in [3.05, 3.63) is 66.3 Å². The molecule has 2 aromatic rings. The van der Waals surface area contributed by atoms with E-state index < -0.39 is 47.1 Å². The number of nitrogens with one attached hydrogen (secondary N) is 3. The van der Waals surface area contributed by atoms with E-state index in [-0.39, 0.29) is 18.7 Å². The Morgan fingerprint density at radius 2 is 1.90 bits per heavy atom. The SMILES string of the molecule is Cc1ccc(C(=O)N[C@@H]2CO[C@H](Cn3cc(C)c(=O)[nH]c3=O)[C@@H](O)[C@H]2O)c(=O)[nH]1. The van der Waals surface area contributed by atoms with Gasteiger partial charge in [-0.3, -0.25) is 23.9 Å². The minimum Gasteiger partial charge on any atom is -0.388 e. The van der Waals surface area contributed by atoms with Gasteiger partial charge in [-0.15, -0.1) is 0 Å². The van der Waals surface area contributed by atoms with Gasteiger partial charge in [-0.1, -0.05) is 0 Å². The van der Waals surface area contributed by atoms with Crippen molar-refractivity contribution in [2.75, 3.05) is 6.61 Å². The average Bonchev–Trinajstić information content (AvgIpc) is 2.65. The average molecular weight is 406 g/mol. The van der Waals surface area contributed by atoms with E-state index in [9.17, 15) is 29.4 Å². The number of hydrogen-bond donors (Lipinski definition) is 5. The molecule has 1 saturated heterocycles. The number of amides is 1. The summed E-state index contributed by atoms with van der Waals surface area (Å²) in [6.45, 7) is 2.95. The lowest BCUT2D eigenvalue weighted by molar-refractivity contribution is -0.152. The summed E-state index contributed by atoms with van der Waals surface area (Å²) in [6.07, 6.45) is -2.41. The number of carbonyl (C=O) groups excluding carboxylic acids is 1. The van der Waals surface area contributed by atoms with Gasteiger partial charge in [0.25, 0.3) is 17.0 Å². The number of pyridine rings is 1. The molecular weight excluding hydrogens is 384 g/mol. The van der Waals surface area contributed by atoms with E-state index in [1.807, 2.05) is 0 Å². The molecule has 0 bridgehead atoms. The largest absolute Gasteiger partial charge is 0.388 e. The molecule has 0 spiro atoms. The van der Waals surface area contributed by atoms with Crippen LogP contribution in [-0.2, 0) is 11.3 Å². The molecule has 5 N–H and O–H groups in total. The van der Waals surface area contributed by atoms with Gasteiger partial charge in [-0.2, -0.15) is 0 Å². The van der Waals surface area contributed by atoms with Crippen LogP contribution in [0.25, 0.3) is 0 Å². The van der Waals surface area contributed by atoms with Crippen LogP contribution in [0, 0.1) is 13.8 Å². The maximum Gasteiger partial charge on any atom is 0.328 e. The lowest BCUT2D eigenvalue weighted by Gasteiger charge is -2.38. The Morgan fingerprint density at radius 1 is 1.17 bits per heavy atom. The second-order valence-electron chi connectivity index (χ2n) is 7.04. The first-order valence-corrected chi connectivity index (χ1v) is 8.96. The predicted octanol–water partition coefficient (Wildman–Crippen LogP) is -2.24. The van der Waals surface area contributed by atoms with Gasteiger partial charge in [-0.05, 0) is 26.0 Å². The van der Waals surface area contributed by atoms with Crippen molar-refractivity contribution in [3.8, 4) is 0 Å². The molecule has 1 aliphatic heterocycles. The highest BCUT2D eigenvalue weighted by Gasteiger charge is 2.39. The molecule has 0 saturated carbocycles. The molecule has 0 unspecified atom stereocenters. The molecule has 1 amide bonds. The van der Waals surface area contributed by atoms with E-state index in [4.69, 9.17) is 4.74 Å². The minimum absolute atomic E-state index is 0.104. The number of nitrogens with zero attached hydrogens (tertiary/aromatic N) is 1. The van der Waals surface area contributed by atoms with E-state index in [2.05, 4.69) is 15.3 Å². The quantitative estimate of drug-likeness (QED) is 0.383. The van der Waals surface area contributed by atoms with Gasteiger partial charge in [0.1, 0.15) is 23.9 Å². The standard InChI is InChI=1S/C18H22N4O7/c1-8-5-22(18(28)21-15(8)25)6-12-14(24)13(23)11(7-29-12)20-17(27)10-4-3-9(2)19-16(10)26/h3-5,11-14,23-24H,6-7H2,1-2H3,(H,19,26)(H,20,27)(H,21,25,28)/t11-,12-,13+,14-/m1/s1. The molecule has 3 heterocycles. The van der Waals surface area contributed by atoms with Crippen LogP contribution < -0.4 is 22.1 Å². The first-order valence-electron chi connectivity index (χ1n) is 8.96. The second-order valence-corrected chi connectivity index (χ2v) is 7.04. The fraction of sp³-hybridized carbons (Fsp3) is 0.444. The minimum atomic E-state index is -1.41. The Balaban J connectivity index is 1.69. The summed E-state index contributed by atoms with van der Waals surface area (Å²) in [5, 5.41) is 23.2. The first kappa shape index (κ1) is 20.7. The maximum absolute atomic E-state index is 12.3. The summed E-state index contributed by atoms with van der Waals surface area (Å²) < 4.78 is 6.69. The third kappa shape index (κ3) is 4.36. The number of aryl methyl sites for hydroxylation is 2. The molecule has 2 aromatic heterocycles. The zero-order chi connectivity index (χ0) is 21.3. The zero-order valence-corrected chi connectivity index (χ0v) is 15.8. The first-order chi connectivity index (χ1) is 13.7. The molecule has 11 nitrogen and oxygen atoms in total. The normalized spacial score (nSPS) is 24.3. The van der Waals surface area contributed by atoms with Gasteiger partial charge < -0.3 is 25.3 Å². The fourth-order valence-corrected chi connectivity index (χ4v) is 3.12. The highest BCUT2D eigenvalue weighted by molar-refractivity contribution is 5.94. The molecule has 1 fully saturated rings. The lowest BCUT2D eigenvalue weighted by Crippen LogP contribution is -2.60. The Morgan fingerprint density at radius 3 is 2.59 bits per heavy atom. The monoisotopic (exact) mass is 406 g/mol. The van der Waals surface area contributed by atoms with Gasteiger partial charge in [0, 0.05) is 17.5 Å². The number of hydrogen-bond acceptors (Lipinski definition) is 7. The molecule has 4 atom stereocenters. The Hall–Kier alpha value is -3.02. The summed E-state index contributed by atoms with van der Waals surface area (Å²) in [5.41, 5.74) is -0.970. The predicted molar refractivity (Wildman–Crippen MR) is 101 cm³/mol. The number of carbonyl (C=O) groups is 1. The molecule has 0 aliphatic carbocycles.